The Balaban J connectivity index is 2.58. The van der Waals surface area contributed by atoms with Crippen LogP contribution in [0.5, 0.6) is 0 Å². The zero-order chi connectivity index (χ0) is 13.8. The lowest BCUT2D eigenvalue weighted by Crippen LogP contribution is -2.20. The van der Waals surface area contributed by atoms with Crippen molar-refractivity contribution in [2.75, 3.05) is 5.75 Å². The number of rotatable bonds is 6. The van der Waals surface area contributed by atoms with Gasteiger partial charge in [-0.1, -0.05) is 27.7 Å². The number of aliphatic hydroxyl groups is 1. The molecule has 1 aromatic rings. The summed E-state index contributed by atoms with van der Waals surface area (Å²) in [5.74, 6) is 0.778. The summed E-state index contributed by atoms with van der Waals surface area (Å²) in [5.41, 5.74) is 2.26. The monoisotopic (exact) mass is 270 g/mol. The molecule has 0 radical (unpaired) electrons. The SMILES string of the molecule is CCc1cc(CC(O)CSC(C)(C)C)n(CC)n1. The van der Waals surface area contributed by atoms with Gasteiger partial charge in [0.2, 0.25) is 0 Å². The standard InChI is InChI=1S/C14H26N2OS/c1-6-11-8-12(16(7-2)15-11)9-13(17)10-18-14(3,4)5/h8,13,17H,6-7,9-10H2,1-5H3. The van der Waals surface area contributed by atoms with E-state index in [1.165, 1.54) is 0 Å². The molecule has 0 aliphatic heterocycles. The zero-order valence-corrected chi connectivity index (χ0v) is 13.0. The van der Waals surface area contributed by atoms with Gasteiger partial charge in [0.1, 0.15) is 0 Å². The first kappa shape index (κ1) is 15.6. The van der Waals surface area contributed by atoms with E-state index in [1.54, 1.807) is 0 Å². The number of hydrogen-bond donors (Lipinski definition) is 1. The topological polar surface area (TPSA) is 38.0 Å². The van der Waals surface area contributed by atoms with Crippen LogP contribution in [0.4, 0.5) is 0 Å². The van der Waals surface area contributed by atoms with Crippen molar-refractivity contribution in [1.29, 1.82) is 0 Å². The first-order valence-electron chi connectivity index (χ1n) is 6.73. The number of aryl methyl sites for hydroxylation is 2. The maximum Gasteiger partial charge on any atom is 0.0686 e. The van der Waals surface area contributed by atoms with Crippen molar-refractivity contribution in [3.05, 3.63) is 17.5 Å². The molecular formula is C14H26N2OS. The third-order valence-electron chi connectivity index (χ3n) is 2.73. The Bertz CT molecular complexity index is 368. The second-order valence-electron chi connectivity index (χ2n) is 5.58. The molecule has 0 aliphatic rings. The van der Waals surface area contributed by atoms with Crippen LogP contribution < -0.4 is 0 Å². The minimum Gasteiger partial charge on any atom is -0.392 e. The van der Waals surface area contributed by atoms with Crippen LogP contribution in [0.25, 0.3) is 0 Å². The summed E-state index contributed by atoms with van der Waals surface area (Å²) in [6.07, 6.45) is 1.36. The molecule has 0 saturated heterocycles. The van der Waals surface area contributed by atoms with E-state index in [1.807, 2.05) is 16.4 Å². The Labute approximate surface area is 115 Å². The Morgan fingerprint density at radius 2 is 2.06 bits per heavy atom. The van der Waals surface area contributed by atoms with Gasteiger partial charge in [-0.05, 0) is 19.4 Å². The molecule has 0 amide bonds. The van der Waals surface area contributed by atoms with E-state index in [0.717, 1.165) is 30.1 Å². The molecule has 0 aromatic carbocycles. The fraction of sp³-hybridized carbons (Fsp3) is 0.786. The molecule has 3 nitrogen and oxygen atoms in total. The van der Waals surface area contributed by atoms with Gasteiger partial charge in [-0.15, -0.1) is 0 Å². The molecule has 1 heterocycles. The van der Waals surface area contributed by atoms with Crippen molar-refractivity contribution in [3.8, 4) is 0 Å². The highest BCUT2D eigenvalue weighted by atomic mass is 32.2. The van der Waals surface area contributed by atoms with Gasteiger partial charge < -0.3 is 5.11 Å². The molecule has 1 atom stereocenters. The third kappa shape index (κ3) is 5.02. The van der Waals surface area contributed by atoms with Crippen molar-refractivity contribution in [2.45, 2.75) is 64.9 Å². The van der Waals surface area contributed by atoms with Crippen LogP contribution in [0, 0.1) is 0 Å². The van der Waals surface area contributed by atoms with Gasteiger partial charge >= 0.3 is 0 Å². The zero-order valence-electron chi connectivity index (χ0n) is 12.2. The fourth-order valence-electron chi connectivity index (χ4n) is 1.77. The summed E-state index contributed by atoms with van der Waals surface area (Å²) in [4.78, 5) is 0. The van der Waals surface area contributed by atoms with Crippen LogP contribution in [0.15, 0.2) is 6.07 Å². The summed E-state index contributed by atoms with van der Waals surface area (Å²) in [6.45, 7) is 11.6. The fourth-order valence-corrected chi connectivity index (χ4v) is 2.58. The highest BCUT2D eigenvalue weighted by molar-refractivity contribution is 8.00. The largest absolute Gasteiger partial charge is 0.392 e. The van der Waals surface area contributed by atoms with E-state index < -0.39 is 0 Å². The summed E-state index contributed by atoms with van der Waals surface area (Å²) in [6, 6.07) is 2.12. The van der Waals surface area contributed by atoms with E-state index in [4.69, 9.17) is 0 Å². The van der Waals surface area contributed by atoms with Gasteiger partial charge in [0, 0.05) is 29.2 Å². The summed E-state index contributed by atoms with van der Waals surface area (Å²) >= 11 is 1.81. The second-order valence-corrected chi connectivity index (χ2v) is 7.42. The number of hydrogen-bond acceptors (Lipinski definition) is 3. The highest BCUT2D eigenvalue weighted by Gasteiger charge is 2.16. The van der Waals surface area contributed by atoms with Crippen molar-refractivity contribution < 1.29 is 5.11 Å². The average Bonchev–Trinajstić information content (AvgIpc) is 2.68. The van der Waals surface area contributed by atoms with E-state index in [-0.39, 0.29) is 10.9 Å². The van der Waals surface area contributed by atoms with Crippen LogP contribution in [-0.2, 0) is 19.4 Å². The van der Waals surface area contributed by atoms with Crippen LogP contribution in [0.1, 0.15) is 46.0 Å². The lowest BCUT2D eigenvalue weighted by Gasteiger charge is -2.20. The number of thioether (sulfide) groups is 1. The van der Waals surface area contributed by atoms with Crippen molar-refractivity contribution in [1.82, 2.24) is 9.78 Å². The summed E-state index contributed by atoms with van der Waals surface area (Å²) in [7, 11) is 0. The molecule has 0 saturated carbocycles. The van der Waals surface area contributed by atoms with Gasteiger partial charge in [0.05, 0.1) is 11.8 Å². The first-order valence-corrected chi connectivity index (χ1v) is 7.72. The molecule has 1 rings (SSSR count). The van der Waals surface area contributed by atoms with E-state index in [9.17, 15) is 5.11 Å². The van der Waals surface area contributed by atoms with Gasteiger partial charge in [0.15, 0.2) is 0 Å². The first-order chi connectivity index (χ1) is 8.35. The molecule has 0 spiro atoms. The van der Waals surface area contributed by atoms with Gasteiger partial charge in [-0.25, -0.2) is 0 Å². The Morgan fingerprint density at radius 3 is 2.56 bits per heavy atom. The average molecular weight is 270 g/mol. The molecule has 1 unspecified atom stereocenters. The Kier molecular flexibility index (Phi) is 5.73. The molecule has 4 heteroatoms. The van der Waals surface area contributed by atoms with Crippen molar-refractivity contribution in [2.24, 2.45) is 0 Å². The second kappa shape index (κ2) is 6.62. The maximum absolute atomic E-state index is 10.1. The molecule has 0 aliphatic carbocycles. The molecule has 104 valence electrons. The van der Waals surface area contributed by atoms with Crippen molar-refractivity contribution in [3.63, 3.8) is 0 Å². The summed E-state index contributed by atoms with van der Waals surface area (Å²) in [5, 5.41) is 14.6. The number of aromatic nitrogens is 2. The molecule has 0 fully saturated rings. The van der Waals surface area contributed by atoms with E-state index >= 15 is 0 Å². The predicted octanol–water partition coefficient (Wildman–Crippen LogP) is 2.90. The van der Waals surface area contributed by atoms with Crippen molar-refractivity contribution >= 4 is 11.8 Å². The highest BCUT2D eigenvalue weighted by Crippen LogP contribution is 2.24. The molecule has 1 N–H and O–H groups in total. The molecule has 1 aromatic heterocycles. The van der Waals surface area contributed by atoms with E-state index in [0.29, 0.717) is 6.42 Å². The van der Waals surface area contributed by atoms with E-state index in [2.05, 4.69) is 45.8 Å². The van der Waals surface area contributed by atoms with Gasteiger partial charge in [-0.2, -0.15) is 16.9 Å². The Morgan fingerprint density at radius 1 is 1.39 bits per heavy atom. The molecule has 18 heavy (non-hydrogen) atoms. The van der Waals surface area contributed by atoms with Crippen LogP contribution >= 0.6 is 11.8 Å². The predicted molar refractivity (Wildman–Crippen MR) is 79.2 cm³/mol. The smallest absolute Gasteiger partial charge is 0.0686 e. The van der Waals surface area contributed by atoms with Crippen LogP contribution in [-0.4, -0.2) is 31.5 Å². The summed E-state index contributed by atoms with van der Waals surface area (Å²) < 4.78 is 2.21. The van der Waals surface area contributed by atoms with Gasteiger partial charge in [0.25, 0.3) is 0 Å². The number of nitrogens with zero attached hydrogens (tertiary/aromatic N) is 2. The Hall–Kier alpha value is -0.480. The third-order valence-corrected chi connectivity index (χ3v) is 4.15. The van der Waals surface area contributed by atoms with Crippen LogP contribution in [0.2, 0.25) is 0 Å². The lowest BCUT2D eigenvalue weighted by atomic mass is 10.2. The maximum atomic E-state index is 10.1. The quantitative estimate of drug-likeness (QED) is 0.864. The minimum absolute atomic E-state index is 0.209. The number of aliphatic hydroxyl groups excluding tert-OH is 1. The van der Waals surface area contributed by atoms with Crippen LogP contribution in [0.3, 0.4) is 0 Å². The lowest BCUT2D eigenvalue weighted by molar-refractivity contribution is 0.196. The normalized spacial score (nSPS) is 13.9. The van der Waals surface area contributed by atoms with Gasteiger partial charge in [-0.3, -0.25) is 4.68 Å². The molecular weight excluding hydrogens is 244 g/mol. The minimum atomic E-state index is -0.291. The molecule has 0 bridgehead atoms.